The summed E-state index contributed by atoms with van der Waals surface area (Å²) in [4.78, 5) is 16.5. The molecule has 0 atom stereocenters. The molecule has 0 spiro atoms. The molecule has 0 amide bonds. The first-order valence-electron chi connectivity index (χ1n) is 8.34. The van der Waals surface area contributed by atoms with E-state index >= 15 is 0 Å². The molecule has 5 rings (SSSR count). The summed E-state index contributed by atoms with van der Waals surface area (Å²) in [5, 5.41) is 14.8. The molecule has 2 aromatic carbocycles. The molecule has 27 heavy (non-hydrogen) atoms. The van der Waals surface area contributed by atoms with Gasteiger partial charge < -0.3 is 19.4 Å². The lowest BCUT2D eigenvalue weighted by atomic mass is 10.0. The van der Waals surface area contributed by atoms with Crippen LogP contribution in [0.4, 0.5) is 0 Å². The topological polar surface area (TPSA) is 93.3 Å². The molecule has 7 nitrogen and oxygen atoms in total. The van der Waals surface area contributed by atoms with E-state index in [1.165, 1.54) is 12.1 Å². The standard InChI is InChI=1S/C20H15N3O4/c1-23-20-13(9-21-23)16(10-3-5-12(26-2)6-4-10)19-18(22-20)17-14(25)7-11(24)8-15(17)27-19/h3-9,21,25H,1-2H3. The minimum Gasteiger partial charge on any atom is -0.507 e. The van der Waals surface area contributed by atoms with Crippen LogP contribution in [0.2, 0.25) is 0 Å². The second-order valence-corrected chi connectivity index (χ2v) is 6.38. The number of H-pyrrole nitrogens is 1. The monoisotopic (exact) mass is 361 g/mol. The number of aromatic hydroxyl groups is 1. The van der Waals surface area contributed by atoms with Crippen molar-refractivity contribution in [3.63, 3.8) is 0 Å². The van der Waals surface area contributed by atoms with Crippen molar-refractivity contribution >= 4 is 33.1 Å². The van der Waals surface area contributed by atoms with Crippen LogP contribution >= 0.6 is 0 Å². The van der Waals surface area contributed by atoms with Gasteiger partial charge in [-0.3, -0.25) is 9.48 Å². The van der Waals surface area contributed by atoms with Gasteiger partial charge in [-0.2, -0.15) is 0 Å². The number of aryl methyl sites for hydroxylation is 1. The lowest BCUT2D eigenvalue weighted by Gasteiger charge is -2.06. The highest BCUT2D eigenvalue weighted by atomic mass is 16.5. The maximum atomic E-state index is 11.8. The molecule has 134 valence electrons. The van der Waals surface area contributed by atoms with Gasteiger partial charge in [0.15, 0.2) is 16.7 Å². The maximum Gasteiger partial charge on any atom is 0.186 e. The fourth-order valence-electron chi connectivity index (χ4n) is 3.50. The molecule has 0 radical (unpaired) electrons. The van der Waals surface area contributed by atoms with Crippen molar-refractivity contribution in [3.8, 4) is 22.6 Å². The number of nitrogens with one attached hydrogen (secondary N) is 1. The van der Waals surface area contributed by atoms with Gasteiger partial charge in [0.25, 0.3) is 0 Å². The average molecular weight is 361 g/mol. The molecule has 0 bridgehead atoms. The molecule has 2 N–H and O–H groups in total. The van der Waals surface area contributed by atoms with E-state index in [1.807, 2.05) is 37.5 Å². The van der Waals surface area contributed by atoms with Gasteiger partial charge in [-0.15, -0.1) is 0 Å². The van der Waals surface area contributed by atoms with Gasteiger partial charge in [0, 0.05) is 36.3 Å². The summed E-state index contributed by atoms with van der Waals surface area (Å²) in [7, 11) is 3.48. The number of benzene rings is 2. The Balaban J connectivity index is 1.99. The molecule has 0 aliphatic carbocycles. The Morgan fingerprint density at radius 2 is 2.00 bits per heavy atom. The van der Waals surface area contributed by atoms with Crippen molar-refractivity contribution in [2.45, 2.75) is 0 Å². The zero-order valence-corrected chi connectivity index (χ0v) is 14.6. The summed E-state index contributed by atoms with van der Waals surface area (Å²) in [6, 6.07) is 10.2. The molecule has 0 saturated carbocycles. The number of hydrogen-bond acceptors (Lipinski definition) is 5. The molecule has 0 aliphatic rings. The van der Waals surface area contributed by atoms with Crippen LogP contribution in [0.25, 0.3) is 44.2 Å². The summed E-state index contributed by atoms with van der Waals surface area (Å²) < 4.78 is 13.0. The van der Waals surface area contributed by atoms with Crippen LogP contribution in [0.5, 0.6) is 11.5 Å². The number of aromatic amines is 1. The van der Waals surface area contributed by atoms with Crippen LogP contribution in [0.1, 0.15) is 0 Å². The van der Waals surface area contributed by atoms with Gasteiger partial charge >= 0.3 is 0 Å². The Labute approximate surface area is 152 Å². The van der Waals surface area contributed by atoms with Crippen LogP contribution in [0, 0.1) is 0 Å². The van der Waals surface area contributed by atoms with Crippen molar-refractivity contribution in [2.75, 3.05) is 7.11 Å². The number of pyridine rings is 1. The van der Waals surface area contributed by atoms with Crippen LogP contribution in [-0.2, 0) is 7.05 Å². The number of hydrogen-bond donors (Lipinski definition) is 2. The van der Waals surface area contributed by atoms with Crippen LogP contribution in [0.15, 0.2) is 51.8 Å². The Morgan fingerprint density at radius 1 is 1.22 bits per heavy atom. The summed E-state index contributed by atoms with van der Waals surface area (Å²) in [6.45, 7) is 0. The fourth-order valence-corrected chi connectivity index (χ4v) is 3.50. The highest BCUT2D eigenvalue weighted by molar-refractivity contribution is 6.15. The van der Waals surface area contributed by atoms with Crippen LogP contribution < -0.4 is 10.2 Å². The summed E-state index contributed by atoms with van der Waals surface area (Å²) in [5.74, 6) is 0.611. The predicted molar refractivity (Wildman–Crippen MR) is 102 cm³/mol. The minimum atomic E-state index is -0.317. The molecule has 0 unspecified atom stereocenters. The smallest absolute Gasteiger partial charge is 0.186 e. The largest absolute Gasteiger partial charge is 0.507 e. The highest BCUT2D eigenvalue weighted by Crippen LogP contribution is 2.41. The van der Waals surface area contributed by atoms with Gasteiger partial charge in [-0.05, 0) is 17.7 Å². The first kappa shape index (κ1) is 15.5. The van der Waals surface area contributed by atoms with Gasteiger partial charge in [0.2, 0.25) is 0 Å². The number of phenols is 1. The van der Waals surface area contributed by atoms with Gasteiger partial charge in [-0.1, -0.05) is 12.1 Å². The number of rotatable bonds is 2. The number of methoxy groups -OCH3 is 1. The van der Waals surface area contributed by atoms with Crippen molar-refractivity contribution in [2.24, 2.45) is 7.05 Å². The molecular weight excluding hydrogens is 346 g/mol. The second kappa shape index (κ2) is 5.38. The third-order valence-electron chi connectivity index (χ3n) is 4.77. The Hall–Kier alpha value is -3.74. The third-order valence-corrected chi connectivity index (χ3v) is 4.77. The number of ether oxygens (including phenoxy) is 1. The molecule has 0 aliphatic heterocycles. The fraction of sp³-hybridized carbons (Fsp3) is 0.100. The van der Waals surface area contributed by atoms with E-state index in [2.05, 4.69) is 10.1 Å². The van der Waals surface area contributed by atoms with E-state index in [1.54, 1.807) is 11.8 Å². The first-order chi connectivity index (χ1) is 13.1. The SMILES string of the molecule is COc1ccc(-c2c3c[nH]n(C)c3nc3c2oc2cc(=O)cc(O)c23)cc1. The predicted octanol–water partition coefficient (Wildman–Crippen LogP) is 3.54. The molecule has 5 aromatic rings. The Morgan fingerprint density at radius 3 is 2.74 bits per heavy atom. The van der Waals surface area contributed by atoms with Gasteiger partial charge in [0.1, 0.15) is 22.6 Å². The third kappa shape index (κ3) is 2.15. The Kier molecular flexibility index (Phi) is 3.09. The molecular formula is C20H15N3O4. The van der Waals surface area contributed by atoms with Crippen LogP contribution in [0.3, 0.4) is 0 Å². The quantitative estimate of drug-likeness (QED) is 0.502. The van der Waals surface area contributed by atoms with E-state index in [-0.39, 0.29) is 11.2 Å². The zero-order valence-electron chi connectivity index (χ0n) is 14.6. The van der Waals surface area contributed by atoms with Gasteiger partial charge in [0.05, 0.1) is 12.5 Å². The number of phenolic OH excluding ortho intramolecular Hbond substituents is 1. The lowest BCUT2D eigenvalue weighted by Crippen LogP contribution is -1.94. The minimum absolute atomic E-state index is 0.137. The first-order valence-corrected chi connectivity index (χ1v) is 8.34. The molecule has 3 aromatic heterocycles. The molecule has 0 saturated heterocycles. The molecule has 0 fully saturated rings. The van der Waals surface area contributed by atoms with Gasteiger partial charge in [-0.25, -0.2) is 4.98 Å². The number of nitrogens with zero attached hydrogens (tertiary/aromatic N) is 2. The van der Waals surface area contributed by atoms with E-state index in [0.717, 1.165) is 22.3 Å². The van der Waals surface area contributed by atoms with Crippen molar-refractivity contribution < 1.29 is 14.3 Å². The van der Waals surface area contributed by atoms with E-state index in [0.29, 0.717) is 27.7 Å². The normalized spacial score (nSPS) is 11.6. The van der Waals surface area contributed by atoms with Crippen molar-refractivity contribution in [1.82, 2.24) is 14.8 Å². The highest BCUT2D eigenvalue weighted by Gasteiger charge is 2.21. The number of furan rings is 1. The van der Waals surface area contributed by atoms with E-state index in [4.69, 9.17) is 9.15 Å². The van der Waals surface area contributed by atoms with E-state index in [9.17, 15) is 9.90 Å². The van der Waals surface area contributed by atoms with Crippen molar-refractivity contribution in [1.29, 1.82) is 0 Å². The second-order valence-electron chi connectivity index (χ2n) is 6.38. The Bertz CT molecular complexity index is 1390. The number of aromatic nitrogens is 3. The zero-order chi connectivity index (χ0) is 18.7. The maximum absolute atomic E-state index is 11.8. The molecule has 7 heteroatoms. The summed E-state index contributed by atoms with van der Waals surface area (Å²) in [5.41, 5.74) is 3.48. The molecule has 3 heterocycles. The van der Waals surface area contributed by atoms with Crippen LogP contribution in [-0.4, -0.2) is 27.0 Å². The van der Waals surface area contributed by atoms with E-state index < -0.39 is 0 Å². The average Bonchev–Trinajstić information content (AvgIpc) is 3.20. The van der Waals surface area contributed by atoms with Crippen molar-refractivity contribution in [3.05, 3.63) is 52.8 Å². The lowest BCUT2D eigenvalue weighted by molar-refractivity contribution is 0.415. The summed E-state index contributed by atoms with van der Waals surface area (Å²) in [6.07, 6.45) is 1.85. The number of fused-ring (bicyclic) bond motifs is 4. The summed E-state index contributed by atoms with van der Waals surface area (Å²) >= 11 is 0.